The van der Waals surface area contributed by atoms with Crippen LogP contribution in [0, 0.1) is 0 Å². The molecule has 0 saturated heterocycles. The first-order valence-corrected chi connectivity index (χ1v) is 8.64. The molecule has 2 heterocycles. The van der Waals surface area contributed by atoms with Crippen molar-refractivity contribution < 1.29 is 14.3 Å². The molecule has 0 N–H and O–H groups in total. The molecule has 0 saturated carbocycles. The van der Waals surface area contributed by atoms with Gasteiger partial charge in [-0.25, -0.2) is 9.78 Å². The van der Waals surface area contributed by atoms with E-state index in [1.807, 2.05) is 27.7 Å². The van der Waals surface area contributed by atoms with Gasteiger partial charge in [-0.3, -0.25) is 9.20 Å². The summed E-state index contributed by atoms with van der Waals surface area (Å²) in [4.78, 5) is 31.3. The first kappa shape index (κ1) is 17.7. The molecule has 0 radical (unpaired) electrons. The molecule has 6 nitrogen and oxygen atoms in total. The van der Waals surface area contributed by atoms with Crippen molar-refractivity contribution in [3.8, 4) is 0 Å². The maximum Gasteiger partial charge on any atom is 0.359 e. The predicted molar refractivity (Wildman–Crippen MR) is 90.1 cm³/mol. The molecule has 0 aliphatic carbocycles. The van der Waals surface area contributed by atoms with E-state index in [1.165, 1.54) is 11.3 Å². The van der Waals surface area contributed by atoms with Gasteiger partial charge >= 0.3 is 5.97 Å². The van der Waals surface area contributed by atoms with E-state index in [0.717, 1.165) is 0 Å². The SMILES string of the molecule is CC(C)N(C(=O)[C@@H](C)OC(=O)c1c(Cl)nc2sccn12)C(C)C. The Labute approximate surface area is 144 Å². The Hall–Kier alpha value is -1.60. The number of ether oxygens (including phenoxy) is 1. The number of imidazole rings is 1. The first-order valence-electron chi connectivity index (χ1n) is 7.38. The number of carbonyl (C=O) groups is 2. The molecule has 0 aliphatic rings. The molecule has 1 amide bonds. The number of fused-ring (bicyclic) bond motifs is 1. The van der Waals surface area contributed by atoms with Gasteiger partial charge in [-0.2, -0.15) is 0 Å². The zero-order valence-corrected chi connectivity index (χ0v) is 15.3. The van der Waals surface area contributed by atoms with Gasteiger partial charge in [0, 0.05) is 23.7 Å². The number of rotatable bonds is 5. The number of carbonyl (C=O) groups excluding carboxylic acids is 2. The van der Waals surface area contributed by atoms with Crippen LogP contribution >= 0.6 is 22.9 Å². The van der Waals surface area contributed by atoms with Gasteiger partial charge in [-0.1, -0.05) is 11.6 Å². The van der Waals surface area contributed by atoms with Crippen LogP contribution in [0.5, 0.6) is 0 Å². The molecule has 1 atom stereocenters. The Kier molecular flexibility index (Phi) is 5.31. The van der Waals surface area contributed by atoms with Crippen molar-refractivity contribution in [3.05, 3.63) is 22.4 Å². The Balaban J connectivity index is 2.18. The summed E-state index contributed by atoms with van der Waals surface area (Å²) < 4.78 is 6.89. The largest absolute Gasteiger partial charge is 0.448 e. The summed E-state index contributed by atoms with van der Waals surface area (Å²) >= 11 is 7.37. The number of thiazole rings is 1. The molecule has 2 aromatic heterocycles. The van der Waals surface area contributed by atoms with E-state index in [4.69, 9.17) is 16.3 Å². The summed E-state index contributed by atoms with van der Waals surface area (Å²) in [6, 6.07) is 0.0385. The van der Waals surface area contributed by atoms with Crippen molar-refractivity contribution in [1.82, 2.24) is 14.3 Å². The second kappa shape index (κ2) is 6.88. The van der Waals surface area contributed by atoms with E-state index < -0.39 is 12.1 Å². The summed E-state index contributed by atoms with van der Waals surface area (Å²) in [5.41, 5.74) is 0.142. The molecule has 8 heteroatoms. The molecule has 0 unspecified atom stereocenters. The summed E-state index contributed by atoms with van der Waals surface area (Å²) in [6.07, 6.45) is 0.795. The highest BCUT2D eigenvalue weighted by Gasteiger charge is 2.30. The van der Waals surface area contributed by atoms with Crippen LogP contribution in [0.25, 0.3) is 4.96 Å². The number of nitrogens with zero attached hydrogens (tertiary/aromatic N) is 3. The van der Waals surface area contributed by atoms with Gasteiger partial charge in [0.2, 0.25) is 0 Å². The van der Waals surface area contributed by atoms with Crippen LogP contribution < -0.4 is 0 Å². The first-order chi connectivity index (χ1) is 10.7. The quantitative estimate of drug-likeness (QED) is 0.770. The van der Waals surface area contributed by atoms with Gasteiger partial charge in [-0.05, 0) is 34.6 Å². The second-order valence-electron chi connectivity index (χ2n) is 5.79. The highest BCUT2D eigenvalue weighted by molar-refractivity contribution is 7.15. The third kappa shape index (κ3) is 3.50. The van der Waals surface area contributed by atoms with Gasteiger partial charge in [0.1, 0.15) is 0 Å². The molecular formula is C15H20ClN3O3S. The smallest absolute Gasteiger partial charge is 0.359 e. The lowest BCUT2D eigenvalue weighted by Crippen LogP contribution is -2.47. The fraction of sp³-hybridized carbons (Fsp3) is 0.533. The van der Waals surface area contributed by atoms with Crippen molar-refractivity contribution in [3.63, 3.8) is 0 Å². The van der Waals surface area contributed by atoms with Gasteiger partial charge in [0.25, 0.3) is 5.91 Å². The van der Waals surface area contributed by atoms with Crippen LogP contribution in [0.2, 0.25) is 5.15 Å². The van der Waals surface area contributed by atoms with E-state index in [0.29, 0.717) is 4.96 Å². The normalized spacial score (nSPS) is 12.9. The summed E-state index contributed by atoms with van der Waals surface area (Å²) in [6.45, 7) is 9.27. The third-order valence-electron chi connectivity index (χ3n) is 3.41. The van der Waals surface area contributed by atoms with Gasteiger partial charge in [0.05, 0.1) is 0 Å². The Bertz CT molecular complexity index is 715. The highest BCUT2D eigenvalue weighted by Crippen LogP contribution is 2.22. The highest BCUT2D eigenvalue weighted by atomic mass is 35.5. The Morgan fingerprint density at radius 1 is 1.26 bits per heavy atom. The summed E-state index contributed by atoms with van der Waals surface area (Å²) in [5.74, 6) is -0.889. The lowest BCUT2D eigenvalue weighted by atomic mass is 10.2. The van der Waals surface area contributed by atoms with Gasteiger partial charge < -0.3 is 9.64 Å². The van der Waals surface area contributed by atoms with Gasteiger partial charge in [-0.15, -0.1) is 11.3 Å². The molecule has 126 valence electrons. The second-order valence-corrected chi connectivity index (χ2v) is 7.02. The van der Waals surface area contributed by atoms with E-state index in [9.17, 15) is 9.59 Å². The van der Waals surface area contributed by atoms with Crippen LogP contribution in [0.1, 0.15) is 45.1 Å². The van der Waals surface area contributed by atoms with Crippen LogP contribution in [-0.4, -0.2) is 44.3 Å². The van der Waals surface area contributed by atoms with E-state index in [-0.39, 0.29) is 28.8 Å². The minimum absolute atomic E-state index is 0.0192. The van der Waals surface area contributed by atoms with Crippen molar-refractivity contribution >= 4 is 39.8 Å². The fourth-order valence-electron chi connectivity index (χ4n) is 2.52. The van der Waals surface area contributed by atoms with Crippen molar-refractivity contribution in [2.24, 2.45) is 0 Å². The average molecular weight is 358 g/mol. The monoisotopic (exact) mass is 357 g/mol. The van der Waals surface area contributed by atoms with E-state index >= 15 is 0 Å². The van der Waals surface area contributed by atoms with Crippen LogP contribution in [0.15, 0.2) is 11.6 Å². The maximum absolute atomic E-state index is 12.5. The lowest BCUT2D eigenvalue weighted by molar-refractivity contribution is -0.143. The summed E-state index contributed by atoms with van der Waals surface area (Å²) in [5, 5.41) is 1.87. The third-order valence-corrected chi connectivity index (χ3v) is 4.43. The topological polar surface area (TPSA) is 63.9 Å². The molecule has 0 bridgehead atoms. The molecule has 2 aromatic rings. The molecule has 0 spiro atoms. The number of amides is 1. The Morgan fingerprint density at radius 2 is 1.87 bits per heavy atom. The summed E-state index contributed by atoms with van der Waals surface area (Å²) in [7, 11) is 0. The van der Waals surface area contributed by atoms with E-state index in [1.54, 1.807) is 27.8 Å². The van der Waals surface area contributed by atoms with E-state index in [2.05, 4.69) is 4.98 Å². The minimum Gasteiger partial charge on any atom is -0.448 e. The predicted octanol–water partition coefficient (Wildman–Crippen LogP) is 3.24. The zero-order valence-electron chi connectivity index (χ0n) is 13.7. The number of esters is 1. The van der Waals surface area contributed by atoms with Crippen LogP contribution in [0.4, 0.5) is 0 Å². The lowest BCUT2D eigenvalue weighted by Gasteiger charge is -2.32. The number of halogens is 1. The van der Waals surface area contributed by atoms with Crippen molar-refractivity contribution in [1.29, 1.82) is 0 Å². The van der Waals surface area contributed by atoms with Crippen LogP contribution in [0.3, 0.4) is 0 Å². The number of aromatic nitrogens is 2. The number of hydrogen-bond acceptors (Lipinski definition) is 5. The standard InChI is InChI=1S/C15H20ClN3O3S/c1-8(2)19(9(3)4)13(20)10(5)22-14(21)11-12(16)17-15-18(11)6-7-23-15/h6-10H,1-5H3/t10-/m1/s1. The zero-order chi connectivity index (χ0) is 17.3. The molecule has 2 rings (SSSR count). The fourth-order valence-corrected chi connectivity index (χ4v) is 3.54. The van der Waals surface area contributed by atoms with Gasteiger partial charge in [0.15, 0.2) is 21.9 Å². The van der Waals surface area contributed by atoms with Crippen LogP contribution in [-0.2, 0) is 9.53 Å². The molecule has 0 aliphatic heterocycles. The van der Waals surface area contributed by atoms with Crippen molar-refractivity contribution in [2.45, 2.75) is 52.8 Å². The molecule has 0 aromatic carbocycles. The Morgan fingerprint density at radius 3 is 2.43 bits per heavy atom. The molecular weight excluding hydrogens is 338 g/mol. The van der Waals surface area contributed by atoms with Crippen molar-refractivity contribution in [2.75, 3.05) is 0 Å². The minimum atomic E-state index is -0.896. The molecule has 23 heavy (non-hydrogen) atoms. The molecule has 0 fully saturated rings. The number of hydrogen-bond donors (Lipinski definition) is 0. The average Bonchev–Trinajstić information content (AvgIpc) is 2.96. The maximum atomic E-state index is 12.5.